The lowest BCUT2D eigenvalue weighted by Crippen LogP contribution is -2.32. The van der Waals surface area contributed by atoms with Gasteiger partial charge >= 0.3 is 0 Å². The van der Waals surface area contributed by atoms with Gasteiger partial charge in [0.25, 0.3) is 10.1 Å². The van der Waals surface area contributed by atoms with Gasteiger partial charge in [0, 0.05) is 22.3 Å². The summed E-state index contributed by atoms with van der Waals surface area (Å²) in [5.41, 5.74) is 4.69. The van der Waals surface area contributed by atoms with Crippen LogP contribution in [0.25, 0.3) is 0 Å². The summed E-state index contributed by atoms with van der Waals surface area (Å²) in [4.78, 5) is 26.7. The van der Waals surface area contributed by atoms with Crippen LogP contribution in [0.15, 0.2) is 89.8 Å². The Hall–Kier alpha value is -5.65. The van der Waals surface area contributed by atoms with Gasteiger partial charge in [-0.25, -0.2) is 4.18 Å². The first-order chi connectivity index (χ1) is 31.3. The minimum atomic E-state index is -4.36. The molecule has 352 valence electrons. The zero-order chi connectivity index (χ0) is 48.1. The molecular weight excluding hydrogens is 869 g/mol. The van der Waals surface area contributed by atoms with E-state index in [1.165, 1.54) is 50.6 Å². The van der Waals surface area contributed by atoms with E-state index in [0.29, 0.717) is 45.7 Å². The average molecular weight is 927 g/mol. The number of benzene rings is 5. The van der Waals surface area contributed by atoms with E-state index >= 15 is 0 Å². The smallest absolute Gasteiger partial charge is 0.298 e. The Bertz CT molecular complexity index is 2640. The number of hydrogen-bond acceptors (Lipinski definition) is 14. The van der Waals surface area contributed by atoms with Crippen molar-refractivity contribution in [3.8, 4) is 23.0 Å². The number of methoxy groups -OCH3 is 2. The standard InChI is InChI=1S/C29H32O8S.C22H26O6/c1-18-5-8-23(9-6-18)38(33,34)37-28(21-14-22(16-30)24(17-31)26(15-21)35-4)27(32)20-7-10-25-19(13-20)11-12-29(2,3)36-25;1-22(2)7-6-13-8-14(4-5-18(13)28-22)20(25)21(26)15-9-16(11-23)17(12-24)19(10-15)27-3/h5-10,13-15,28,30-31H,11-12,16-17H2,1-4H3;4-5,8-10,21,23-24,26H,6-7,11-12H2,1-3H3. The Morgan fingerprint density at radius 1 is 0.636 bits per heavy atom. The number of aliphatic hydroxyl groups excluding tert-OH is 5. The zero-order valence-electron chi connectivity index (χ0n) is 38.2. The van der Waals surface area contributed by atoms with Crippen LogP contribution < -0.4 is 18.9 Å². The van der Waals surface area contributed by atoms with E-state index in [9.17, 15) is 43.5 Å². The lowest BCUT2D eigenvalue weighted by Gasteiger charge is -2.32. The molecule has 2 unspecified atom stereocenters. The van der Waals surface area contributed by atoms with Crippen molar-refractivity contribution in [2.24, 2.45) is 0 Å². The van der Waals surface area contributed by atoms with E-state index in [1.807, 2.05) is 34.6 Å². The Morgan fingerprint density at radius 2 is 1.09 bits per heavy atom. The first-order valence-corrected chi connectivity index (χ1v) is 22.9. The molecule has 0 fully saturated rings. The number of fused-ring (bicyclic) bond motifs is 2. The average Bonchev–Trinajstić information content (AvgIpc) is 3.30. The van der Waals surface area contributed by atoms with E-state index in [4.69, 9.17) is 23.1 Å². The van der Waals surface area contributed by atoms with E-state index in [0.717, 1.165) is 41.7 Å². The van der Waals surface area contributed by atoms with Gasteiger partial charge in [0.15, 0.2) is 17.7 Å². The molecule has 0 radical (unpaired) electrons. The summed E-state index contributed by atoms with van der Waals surface area (Å²) < 4.78 is 54.8. The molecule has 0 bridgehead atoms. The second-order valence-electron chi connectivity index (χ2n) is 17.6. The summed E-state index contributed by atoms with van der Waals surface area (Å²) in [6, 6.07) is 22.2. The molecule has 0 saturated heterocycles. The van der Waals surface area contributed by atoms with Crippen molar-refractivity contribution in [1.29, 1.82) is 0 Å². The molecule has 2 heterocycles. The van der Waals surface area contributed by atoms with Gasteiger partial charge in [-0.05, 0) is 166 Å². The third-order valence-electron chi connectivity index (χ3n) is 11.8. The highest BCUT2D eigenvalue weighted by Gasteiger charge is 2.34. The third-order valence-corrected chi connectivity index (χ3v) is 13.1. The lowest BCUT2D eigenvalue weighted by molar-refractivity contribution is 0.0743. The highest BCUT2D eigenvalue weighted by Crippen LogP contribution is 2.38. The van der Waals surface area contributed by atoms with Crippen molar-refractivity contribution in [3.05, 3.63) is 146 Å². The highest BCUT2D eigenvalue weighted by atomic mass is 32.2. The molecule has 0 aromatic heterocycles. The largest absolute Gasteiger partial charge is 0.496 e. The minimum absolute atomic E-state index is 0.0942. The van der Waals surface area contributed by atoms with Gasteiger partial charge in [0.2, 0.25) is 0 Å². The SMILES string of the molecule is COc1cc(C(O)C(=O)c2ccc3c(c2)CCC(C)(C)O3)cc(CO)c1CO.COc1cc(C(OS(=O)(=O)c2ccc(C)cc2)C(=O)c2ccc3c(c2)CCC(C)(C)O3)cc(CO)c1CO. The quantitative estimate of drug-likeness (QED) is 0.0522. The molecule has 2 aliphatic rings. The fraction of sp³-hybridized carbons (Fsp3) is 0.373. The van der Waals surface area contributed by atoms with Crippen LogP contribution in [0.3, 0.4) is 0 Å². The maximum Gasteiger partial charge on any atom is 0.298 e. The number of carbonyl (C=O) groups excluding carboxylic acids is 2. The van der Waals surface area contributed by atoms with Crippen molar-refractivity contribution in [2.75, 3.05) is 14.2 Å². The van der Waals surface area contributed by atoms with Gasteiger partial charge in [-0.3, -0.25) is 9.59 Å². The molecule has 0 aliphatic carbocycles. The highest BCUT2D eigenvalue weighted by molar-refractivity contribution is 7.86. The lowest BCUT2D eigenvalue weighted by atomic mass is 9.91. The van der Waals surface area contributed by atoms with Crippen molar-refractivity contribution >= 4 is 21.7 Å². The molecule has 15 heteroatoms. The van der Waals surface area contributed by atoms with Crippen molar-refractivity contribution in [3.63, 3.8) is 0 Å². The summed E-state index contributed by atoms with van der Waals surface area (Å²) in [5, 5.41) is 49.4. The summed E-state index contributed by atoms with van der Waals surface area (Å²) >= 11 is 0. The van der Waals surface area contributed by atoms with Gasteiger partial charge < -0.3 is 44.5 Å². The van der Waals surface area contributed by atoms with Crippen molar-refractivity contribution < 1.29 is 66.7 Å². The number of aryl methyl sites for hydroxylation is 3. The number of hydrogen-bond donors (Lipinski definition) is 5. The van der Waals surface area contributed by atoms with E-state index in [1.54, 1.807) is 48.5 Å². The maximum absolute atomic E-state index is 13.9. The monoisotopic (exact) mass is 926 g/mol. The van der Waals surface area contributed by atoms with Crippen LogP contribution >= 0.6 is 0 Å². The van der Waals surface area contributed by atoms with Crippen LogP contribution in [0.5, 0.6) is 23.0 Å². The number of aliphatic hydroxyl groups is 5. The predicted molar refractivity (Wildman–Crippen MR) is 244 cm³/mol. The van der Waals surface area contributed by atoms with Gasteiger partial charge in [-0.2, -0.15) is 8.42 Å². The number of Topliss-reactive ketones (excluding diaryl/α,β-unsaturated/α-hetero) is 2. The normalized spacial score (nSPS) is 15.6. The molecule has 14 nitrogen and oxygen atoms in total. The molecule has 5 aromatic rings. The van der Waals surface area contributed by atoms with Gasteiger partial charge in [-0.1, -0.05) is 17.7 Å². The Kier molecular flexibility index (Phi) is 15.4. The Labute approximate surface area is 385 Å². The summed E-state index contributed by atoms with van der Waals surface area (Å²) in [6.45, 7) is 8.35. The molecule has 2 atom stereocenters. The molecule has 7 rings (SSSR count). The number of carbonyl (C=O) groups is 2. The summed E-state index contributed by atoms with van der Waals surface area (Å²) in [7, 11) is -1.55. The molecule has 0 amide bonds. The van der Waals surface area contributed by atoms with Crippen LogP contribution in [-0.2, 0) is 53.6 Å². The van der Waals surface area contributed by atoms with Crippen molar-refractivity contribution in [2.45, 2.75) is 115 Å². The van der Waals surface area contributed by atoms with Crippen LogP contribution in [0.2, 0.25) is 0 Å². The first kappa shape index (κ1) is 49.8. The predicted octanol–water partition coefficient (Wildman–Crippen LogP) is 7.12. The fourth-order valence-corrected chi connectivity index (χ4v) is 9.02. The molecule has 0 saturated carbocycles. The summed E-state index contributed by atoms with van der Waals surface area (Å²) in [6.07, 6.45) is 0.120. The van der Waals surface area contributed by atoms with Crippen LogP contribution in [0.4, 0.5) is 0 Å². The molecule has 66 heavy (non-hydrogen) atoms. The molecule has 0 spiro atoms. The van der Waals surface area contributed by atoms with E-state index < -0.39 is 47.1 Å². The van der Waals surface area contributed by atoms with Crippen LogP contribution in [0, 0.1) is 6.92 Å². The Balaban J connectivity index is 0.000000229. The van der Waals surface area contributed by atoms with Crippen molar-refractivity contribution in [1.82, 2.24) is 0 Å². The summed E-state index contributed by atoms with van der Waals surface area (Å²) in [5.74, 6) is 0.922. The van der Waals surface area contributed by atoms with E-state index in [-0.39, 0.29) is 51.8 Å². The number of rotatable bonds is 15. The van der Waals surface area contributed by atoms with Crippen LogP contribution in [-0.4, -0.2) is 70.9 Å². The molecular formula is C51H58O14S. The second-order valence-corrected chi connectivity index (χ2v) is 19.2. The molecule has 2 aliphatic heterocycles. The topological polar surface area (TPSA) is 216 Å². The molecule has 5 N–H and O–H groups in total. The first-order valence-electron chi connectivity index (χ1n) is 21.5. The zero-order valence-corrected chi connectivity index (χ0v) is 39.0. The maximum atomic E-state index is 13.9. The van der Waals surface area contributed by atoms with Gasteiger partial charge in [0.05, 0.1) is 45.5 Å². The third kappa shape index (κ3) is 11.1. The second kappa shape index (κ2) is 20.5. The minimum Gasteiger partial charge on any atom is -0.496 e. The van der Waals surface area contributed by atoms with E-state index in [2.05, 4.69) is 0 Å². The molecule has 5 aromatic carbocycles. The van der Waals surface area contributed by atoms with Gasteiger partial charge in [0.1, 0.15) is 40.3 Å². The Morgan fingerprint density at radius 3 is 1.55 bits per heavy atom. The number of ether oxygens (including phenoxy) is 4. The fourth-order valence-electron chi connectivity index (χ4n) is 7.99. The van der Waals surface area contributed by atoms with Crippen LogP contribution in [0.1, 0.15) is 124 Å². The number of ketones is 2. The van der Waals surface area contributed by atoms with Gasteiger partial charge in [-0.15, -0.1) is 0 Å².